The number of nitrogens with one attached hydrogen (secondary N) is 2. The molecular formula is C19H22N2O2. The van der Waals surface area contributed by atoms with Crippen molar-refractivity contribution in [2.75, 3.05) is 10.6 Å². The number of amides is 2. The summed E-state index contributed by atoms with van der Waals surface area (Å²) in [5.41, 5.74) is 4.75. The Balaban J connectivity index is 2.04. The summed E-state index contributed by atoms with van der Waals surface area (Å²) in [6.07, 6.45) is 1.18. The van der Waals surface area contributed by atoms with Gasteiger partial charge in [0.2, 0.25) is 11.8 Å². The first-order chi connectivity index (χ1) is 11.0. The third kappa shape index (κ3) is 4.68. The predicted molar refractivity (Wildman–Crippen MR) is 93.6 cm³/mol. The molecule has 2 amide bonds. The van der Waals surface area contributed by atoms with E-state index in [2.05, 4.69) is 17.6 Å². The van der Waals surface area contributed by atoms with E-state index < -0.39 is 0 Å². The molecule has 0 radical (unpaired) electrons. The van der Waals surface area contributed by atoms with Gasteiger partial charge in [-0.25, -0.2) is 0 Å². The van der Waals surface area contributed by atoms with Crippen LogP contribution in [0.4, 0.5) is 11.4 Å². The summed E-state index contributed by atoms with van der Waals surface area (Å²) in [5.74, 6) is -0.150. The van der Waals surface area contributed by atoms with Gasteiger partial charge in [0.15, 0.2) is 0 Å². The van der Waals surface area contributed by atoms with Gasteiger partial charge in [0.1, 0.15) is 0 Å². The van der Waals surface area contributed by atoms with Crippen LogP contribution in [0.25, 0.3) is 0 Å². The molecule has 0 unspecified atom stereocenters. The van der Waals surface area contributed by atoms with Gasteiger partial charge < -0.3 is 10.6 Å². The molecule has 0 saturated carbocycles. The lowest BCUT2D eigenvalue weighted by molar-refractivity contribution is -0.116. The van der Waals surface area contributed by atoms with Gasteiger partial charge in [-0.3, -0.25) is 9.59 Å². The van der Waals surface area contributed by atoms with Crippen molar-refractivity contribution in [2.24, 2.45) is 0 Å². The van der Waals surface area contributed by atoms with Crippen LogP contribution >= 0.6 is 0 Å². The molecule has 0 atom stereocenters. The average molecular weight is 310 g/mol. The summed E-state index contributed by atoms with van der Waals surface area (Å²) in [6, 6.07) is 13.3. The van der Waals surface area contributed by atoms with Crippen molar-refractivity contribution < 1.29 is 9.59 Å². The largest absolute Gasteiger partial charge is 0.326 e. The molecule has 4 heteroatoms. The zero-order valence-corrected chi connectivity index (χ0v) is 13.8. The molecule has 0 heterocycles. The minimum atomic E-state index is -0.109. The molecule has 2 aromatic rings. The maximum atomic E-state index is 12.3. The lowest BCUT2D eigenvalue weighted by Crippen LogP contribution is -2.16. The summed E-state index contributed by atoms with van der Waals surface area (Å²) >= 11 is 0. The zero-order chi connectivity index (χ0) is 16.8. The van der Waals surface area contributed by atoms with E-state index in [-0.39, 0.29) is 11.8 Å². The first-order valence-corrected chi connectivity index (χ1v) is 7.74. The Morgan fingerprint density at radius 3 is 2.30 bits per heavy atom. The minimum absolute atomic E-state index is 0.0405. The van der Waals surface area contributed by atoms with Crippen LogP contribution in [0.15, 0.2) is 42.5 Å². The normalized spacial score (nSPS) is 10.2. The Morgan fingerprint density at radius 2 is 1.70 bits per heavy atom. The molecule has 0 aliphatic heterocycles. The average Bonchev–Trinajstić information content (AvgIpc) is 2.50. The van der Waals surface area contributed by atoms with Crippen LogP contribution in [-0.4, -0.2) is 11.8 Å². The summed E-state index contributed by atoms with van der Waals surface area (Å²) in [5, 5.41) is 5.72. The molecule has 0 aliphatic carbocycles. The monoisotopic (exact) mass is 310 g/mol. The number of hydrogen-bond donors (Lipinski definition) is 2. The smallest absolute Gasteiger partial charge is 0.228 e. The van der Waals surface area contributed by atoms with Crippen LogP contribution < -0.4 is 10.6 Å². The van der Waals surface area contributed by atoms with Crippen molar-refractivity contribution in [3.05, 3.63) is 59.2 Å². The standard InChI is InChI=1S/C19H22N2O2/c1-4-16-7-5-6-13(2)19(16)21-18(23)12-15-8-10-17(11-9-15)20-14(3)22/h5-11H,4,12H2,1-3H3,(H,20,22)(H,21,23). The third-order valence-electron chi connectivity index (χ3n) is 3.64. The lowest BCUT2D eigenvalue weighted by Gasteiger charge is -2.13. The van der Waals surface area contributed by atoms with Gasteiger partial charge in [0.25, 0.3) is 0 Å². The van der Waals surface area contributed by atoms with Crippen LogP contribution in [0, 0.1) is 6.92 Å². The zero-order valence-electron chi connectivity index (χ0n) is 13.8. The van der Waals surface area contributed by atoms with Crippen LogP contribution in [0.5, 0.6) is 0 Å². The topological polar surface area (TPSA) is 58.2 Å². The maximum absolute atomic E-state index is 12.3. The van der Waals surface area contributed by atoms with Crippen LogP contribution in [-0.2, 0) is 22.4 Å². The van der Waals surface area contributed by atoms with Crippen molar-refractivity contribution >= 4 is 23.2 Å². The number of para-hydroxylation sites is 1. The molecular weight excluding hydrogens is 288 g/mol. The fraction of sp³-hybridized carbons (Fsp3) is 0.263. The van der Waals surface area contributed by atoms with Gasteiger partial charge in [-0.05, 0) is 42.2 Å². The molecule has 2 aromatic carbocycles. The Bertz CT molecular complexity index is 706. The number of carbonyl (C=O) groups excluding carboxylic acids is 2. The van der Waals surface area contributed by atoms with E-state index in [1.807, 2.05) is 37.3 Å². The summed E-state index contributed by atoms with van der Waals surface area (Å²) < 4.78 is 0. The molecule has 0 aromatic heterocycles. The van der Waals surface area contributed by atoms with E-state index in [4.69, 9.17) is 0 Å². The molecule has 120 valence electrons. The maximum Gasteiger partial charge on any atom is 0.228 e. The number of rotatable bonds is 5. The van der Waals surface area contributed by atoms with E-state index >= 15 is 0 Å². The second kappa shape index (κ2) is 7.58. The molecule has 2 rings (SSSR count). The molecule has 0 bridgehead atoms. The molecule has 0 aliphatic rings. The Hall–Kier alpha value is -2.62. The first-order valence-electron chi connectivity index (χ1n) is 7.74. The number of benzene rings is 2. The SMILES string of the molecule is CCc1cccc(C)c1NC(=O)Cc1ccc(NC(C)=O)cc1. The number of carbonyl (C=O) groups is 2. The highest BCUT2D eigenvalue weighted by Gasteiger charge is 2.09. The van der Waals surface area contributed by atoms with E-state index in [1.54, 1.807) is 12.1 Å². The summed E-state index contributed by atoms with van der Waals surface area (Å²) in [7, 11) is 0. The quantitative estimate of drug-likeness (QED) is 0.884. The molecule has 0 spiro atoms. The summed E-state index contributed by atoms with van der Waals surface area (Å²) in [6.45, 7) is 5.54. The second-order valence-corrected chi connectivity index (χ2v) is 5.57. The highest BCUT2D eigenvalue weighted by atomic mass is 16.2. The van der Waals surface area contributed by atoms with E-state index in [0.29, 0.717) is 6.42 Å². The van der Waals surface area contributed by atoms with E-state index in [1.165, 1.54) is 6.92 Å². The van der Waals surface area contributed by atoms with Gasteiger partial charge in [-0.15, -0.1) is 0 Å². The van der Waals surface area contributed by atoms with Crippen molar-refractivity contribution in [3.63, 3.8) is 0 Å². The highest BCUT2D eigenvalue weighted by Crippen LogP contribution is 2.21. The number of hydrogen-bond acceptors (Lipinski definition) is 2. The summed E-state index contributed by atoms with van der Waals surface area (Å²) in [4.78, 5) is 23.3. The molecule has 2 N–H and O–H groups in total. The van der Waals surface area contributed by atoms with Crippen molar-refractivity contribution in [2.45, 2.75) is 33.6 Å². The molecule has 0 fully saturated rings. The van der Waals surface area contributed by atoms with Crippen LogP contribution in [0.3, 0.4) is 0 Å². The number of anilines is 2. The lowest BCUT2D eigenvalue weighted by atomic mass is 10.1. The Kier molecular flexibility index (Phi) is 5.52. The third-order valence-corrected chi connectivity index (χ3v) is 3.64. The van der Waals surface area contributed by atoms with Crippen molar-refractivity contribution in [3.8, 4) is 0 Å². The van der Waals surface area contributed by atoms with Crippen LogP contribution in [0.1, 0.15) is 30.5 Å². The molecule has 0 saturated heterocycles. The first kappa shape index (κ1) is 16.7. The van der Waals surface area contributed by atoms with Crippen LogP contribution in [0.2, 0.25) is 0 Å². The van der Waals surface area contributed by atoms with Gasteiger partial charge in [-0.2, -0.15) is 0 Å². The van der Waals surface area contributed by atoms with Gasteiger partial charge in [-0.1, -0.05) is 37.3 Å². The number of aryl methyl sites for hydroxylation is 2. The van der Waals surface area contributed by atoms with Crippen molar-refractivity contribution in [1.29, 1.82) is 0 Å². The Labute approximate surface area is 136 Å². The van der Waals surface area contributed by atoms with Crippen molar-refractivity contribution in [1.82, 2.24) is 0 Å². The highest BCUT2D eigenvalue weighted by molar-refractivity contribution is 5.94. The van der Waals surface area contributed by atoms with Gasteiger partial charge in [0.05, 0.1) is 6.42 Å². The second-order valence-electron chi connectivity index (χ2n) is 5.57. The Morgan fingerprint density at radius 1 is 1.00 bits per heavy atom. The minimum Gasteiger partial charge on any atom is -0.326 e. The fourth-order valence-electron chi connectivity index (χ4n) is 2.48. The van der Waals surface area contributed by atoms with E-state index in [0.717, 1.165) is 34.5 Å². The van der Waals surface area contributed by atoms with Gasteiger partial charge >= 0.3 is 0 Å². The van der Waals surface area contributed by atoms with E-state index in [9.17, 15) is 9.59 Å². The fourth-order valence-corrected chi connectivity index (χ4v) is 2.48. The molecule has 23 heavy (non-hydrogen) atoms. The van der Waals surface area contributed by atoms with Gasteiger partial charge in [0, 0.05) is 18.3 Å². The predicted octanol–water partition coefficient (Wildman–Crippen LogP) is 3.70. The molecule has 4 nitrogen and oxygen atoms in total.